The van der Waals surface area contributed by atoms with Gasteiger partial charge in [-0.1, -0.05) is 12.1 Å². The van der Waals surface area contributed by atoms with Gasteiger partial charge in [0, 0.05) is 23.5 Å². The molecule has 0 amide bonds. The van der Waals surface area contributed by atoms with Crippen LogP contribution in [0.3, 0.4) is 0 Å². The summed E-state index contributed by atoms with van der Waals surface area (Å²) in [7, 11) is -4.51. The van der Waals surface area contributed by atoms with E-state index < -0.39 is 26.7 Å². The quantitative estimate of drug-likeness (QED) is 0.510. The van der Waals surface area contributed by atoms with Gasteiger partial charge in [0.25, 0.3) is 10.0 Å². The number of halogens is 3. The van der Waals surface area contributed by atoms with Crippen LogP contribution >= 0.6 is 0 Å². The number of sulfonamides is 1. The van der Waals surface area contributed by atoms with Gasteiger partial charge in [-0.2, -0.15) is 18.2 Å². The lowest BCUT2D eigenvalue weighted by molar-refractivity contribution is -0.139. The van der Waals surface area contributed by atoms with Crippen LogP contribution in [0.1, 0.15) is 5.56 Å². The molecule has 0 radical (unpaired) electrons. The zero-order chi connectivity index (χ0) is 21.5. The Bertz CT molecular complexity index is 1350. The summed E-state index contributed by atoms with van der Waals surface area (Å²) in [4.78, 5) is 7.11. The van der Waals surface area contributed by atoms with Crippen LogP contribution in [0.5, 0.6) is 0 Å². The predicted octanol–water partition coefficient (Wildman–Crippen LogP) is 3.19. The zero-order valence-corrected chi connectivity index (χ0v) is 15.8. The Morgan fingerprint density at radius 3 is 2.57 bits per heavy atom. The second-order valence-electron chi connectivity index (χ2n) is 6.25. The molecule has 0 bridgehead atoms. The monoisotopic (exact) mass is 434 g/mol. The van der Waals surface area contributed by atoms with Gasteiger partial charge in [0.05, 0.1) is 22.3 Å². The van der Waals surface area contributed by atoms with Crippen LogP contribution in [0, 0.1) is 0 Å². The van der Waals surface area contributed by atoms with E-state index in [4.69, 9.17) is 5.73 Å². The Labute approximate surface area is 168 Å². The van der Waals surface area contributed by atoms with Crippen molar-refractivity contribution in [3.05, 3.63) is 66.6 Å². The van der Waals surface area contributed by atoms with Crippen molar-refractivity contribution in [2.45, 2.75) is 11.1 Å². The number of fused-ring (bicyclic) bond motifs is 1. The van der Waals surface area contributed by atoms with Gasteiger partial charge in [0.2, 0.25) is 5.95 Å². The lowest BCUT2D eigenvalue weighted by Crippen LogP contribution is -2.19. The minimum Gasteiger partial charge on any atom is -0.366 e. The average molecular weight is 434 g/mol. The Hall–Kier alpha value is -3.67. The highest BCUT2D eigenvalue weighted by molar-refractivity contribution is 7.92. The molecule has 0 atom stereocenters. The largest absolute Gasteiger partial charge is 0.417 e. The third kappa shape index (κ3) is 3.76. The van der Waals surface area contributed by atoms with Crippen molar-refractivity contribution in [3.63, 3.8) is 0 Å². The van der Waals surface area contributed by atoms with E-state index in [1.165, 1.54) is 29.0 Å². The van der Waals surface area contributed by atoms with Gasteiger partial charge >= 0.3 is 6.18 Å². The highest BCUT2D eigenvalue weighted by atomic mass is 32.2. The minimum absolute atomic E-state index is 0.00248. The number of aromatic nitrogens is 4. The van der Waals surface area contributed by atoms with E-state index in [2.05, 4.69) is 19.8 Å². The molecule has 0 unspecified atom stereocenters. The van der Waals surface area contributed by atoms with Crippen LogP contribution in [0.2, 0.25) is 0 Å². The van der Waals surface area contributed by atoms with Gasteiger partial charge in [-0.15, -0.1) is 5.10 Å². The molecule has 0 aliphatic heterocycles. The second kappa shape index (κ2) is 6.99. The number of nitrogen functional groups attached to an aromatic ring is 1. The van der Waals surface area contributed by atoms with Crippen molar-refractivity contribution in [1.29, 1.82) is 0 Å². The molecular weight excluding hydrogens is 421 g/mol. The summed E-state index contributed by atoms with van der Waals surface area (Å²) < 4.78 is 68.5. The molecular formula is C18H13F3N6O2S. The summed E-state index contributed by atoms with van der Waals surface area (Å²) >= 11 is 0. The number of nitrogens with zero attached hydrogens (tertiary/aromatic N) is 4. The summed E-state index contributed by atoms with van der Waals surface area (Å²) in [6.07, 6.45) is -0.528. The Morgan fingerprint density at radius 2 is 1.80 bits per heavy atom. The van der Waals surface area contributed by atoms with Crippen LogP contribution in [0.25, 0.3) is 16.8 Å². The summed E-state index contributed by atoms with van der Waals surface area (Å²) in [5.74, 6) is 0.0927. The number of rotatable bonds is 4. The number of nitrogens with two attached hydrogens (primary N) is 1. The first kappa shape index (κ1) is 19.6. The molecule has 0 saturated heterocycles. The molecule has 12 heteroatoms. The number of alkyl halides is 3. The molecule has 8 nitrogen and oxygen atoms in total. The summed E-state index contributed by atoms with van der Waals surface area (Å²) in [6, 6.07) is 8.76. The standard InChI is InChI=1S/C18H13F3N6O2S/c19-18(20,21)14-3-1-2-4-15(14)30(28,29)26-13-7-12(8-23-9-13)11-5-6-16-24-17(22)25-27(16)10-11/h1-10,26H,(H2,22,25). The van der Waals surface area contributed by atoms with Crippen molar-refractivity contribution in [3.8, 4) is 11.1 Å². The van der Waals surface area contributed by atoms with Gasteiger partial charge in [-0.3, -0.25) is 9.71 Å². The molecule has 0 spiro atoms. The number of anilines is 2. The maximum Gasteiger partial charge on any atom is 0.417 e. The van der Waals surface area contributed by atoms with Crippen molar-refractivity contribution in [2.24, 2.45) is 0 Å². The van der Waals surface area contributed by atoms with E-state index in [0.29, 0.717) is 22.8 Å². The highest BCUT2D eigenvalue weighted by Crippen LogP contribution is 2.34. The number of pyridine rings is 2. The van der Waals surface area contributed by atoms with Crippen LogP contribution in [-0.4, -0.2) is 28.0 Å². The Kier molecular flexibility index (Phi) is 4.57. The van der Waals surface area contributed by atoms with Crippen molar-refractivity contribution in [2.75, 3.05) is 10.5 Å². The van der Waals surface area contributed by atoms with Crippen LogP contribution in [-0.2, 0) is 16.2 Å². The maximum atomic E-state index is 13.2. The lowest BCUT2D eigenvalue weighted by Gasteiger charge is -2.14. The summed E-state index contributed by atoms with van der Waals surface area (Å²) in [5, 5.41) is 4.00. The van der Waals surface area contributed by atoms with Gasteiger partial charge in [0.15, 0.2) is 5.65 Å². The molecule has 3 heterocycles. The van der Waals surface area contributed by atoms with Gasteiger partial charge in [-0.25, -0.2) is 12.9 Å². The van der Waals surface area contributed by atoms with E-state index in [0.717, 1.165) is 12.1 Å². The van der Waals surface area contributed by atoms with Crippen molar-refractivity contribution in [1.82, 2.24) is 19.6 Å². The van der Waals surface area contributed by atoms with E-state index in [1.807, 2.05) is 0 Å². The lowest BCUT2D eigenvalue weighted by atomic mass is 10.1. The molecule has 3 N–H and O–H groups in total. The molecule has 4 aromatic rings. The summed E-state index contributed by atoms with van der Waals surface area (Å²) in [6.45, 7) is 0. The molecule has 0 fully saturated rings. The van der Waals surface area contributed by atoms with E-state index in [-0.39, 0.29) is 11.6 Å². The predicted molar refractivity (Wildman–Crippen MR) is 103 cm³/mol. The number of hydrogen-bond acceptors (Lipinski definition) is 6. The average Bonchev–Trinajstić information content (AvgIpc) is 3.06. The first-order valence-electron chi connectivity index (χ1n) is 8.40. The molecule has 0 aliphatic rings. The topological polar surface area (TPSA) is 115 Å². The normalized spacial score (nSPS) is 12.2. The van der Waals surface area contributed by atoms with Crippen molar-refractivity contribution >= 4 is 27.3 Å². The molecule has 0 saturated carbocycles. The third-order valence-corrected chi connectivity index (χ3v) is 5.59. The first-order chi connectivity index (χ1) is 14.1. The molecule has 1 aromatic carbocycles. The number of benzene rings is 1. The van der Waals surface area contributed by atoms with Gasteiger partial charge < -0.3 is 5.73 Å². The fourth-order valence-corrected chi connectivity index (χ4v) is 4.13. The van der Waals surface area contributed by atoms with Crippen LogP contribution < -0.4 is 10.5 Å². The summed E-state index contributed by atoms with van der Waals surface area (Å²) in [5.41, 5.74) is 5.96. The van der Waals surface area contributed by atoms with Crippen molar-refractivity contribution < 1.29 is 21.6 Å². The van der Waals surface area contributed by atoms with E-state index >= 15 is 0 Å². The Morgan fingerprint density at radius 1 is 1.03 bits per heavy atom. The van der Waals surface area contributed by atoms with Gasteiger partial charge in [0.1, 0.15) is 0 Å². The van der Waals surface area contributed by atoms with E-state index in [9.17, 15) is 21.6 Å². The zero-order valence-electron chi connectivity index (χ0n) is 15.0. The Balaban J connectivity index is 1.69. The number of hydrogen-bond donors (Lipinski definition) is 2. The molecule has 4 rings (SSSR count). The maximum absolute atomic E-state index is 13.2. The first-order valence-corrected chi connectivity index (χ1v) is 9.88. The van der Waals surface area contributed by atoms with E-state index in [1.54, 1.807) is 18.3 Å². The minimum atomic E-state index is -4.82. The van der Waals surface area contributed by atoms with Crippen LogP contribution in [0.15, 0.2) is 66.0 Å². The smallest absolute Gasteiger partial charge is 0.366 e. The molecule has 3 aromatic heterocycles. The molecule has 0 aliphatic carbocycles. The third-order valence-electron chi connectivity index (χ3n) is 4.15. The van der Waals surface area contributed by atoms with Crippen LogP contribution in [0.4, 0.5) is 24.8 Å². The number of nitrogens with one attached hydrogen (secondary N) is 1. The molecule has 30 heavy (non-hydrogen) atoms. The second-order valence-corrected chi connectivity index (χ2v) is 7.90. The van der Waals surface area contributed by atoms with Gasteiger partial charge in [-0.05, 0) is 30.3 Å². The fourth-order valence-electron chi connectivity index (χ4n) is 2.87. The SMILES string of the molecule is Nc1nc2ccc(-c3cncc(NS(=O)(=O)c4ccccc4C(F)(F)F)c3)cn2n1. The fraction of sp³-hybridized carbons (Fsp3) is 0.0556. The molecule has 154 valence electrons. The highest BCUT2D eigenvalue weighted by Gasteiger charge is 2.36.